The summed E-state index contributed by atoms with van der Waals surface area (Å²) < 4.78 is 0. The number of nitrogens with one attached hydrogen (secondary N) is 1. The van der Waals surface area contributed by atoms with Gasteiger partial charge in [0.15, 0.2) is 0 Å². The Bertz CT molecular complexity index is 376. The summed E-state index contributed by atoms with van der Waals surface area (Å²) in [7, 11) is 0. The van der Waals surface area contributed by atoms with Gasteiger partial charge in [-0.3, -0.25) is 0 Å². The zero-order valence-electron chi connectivity index (χ0n) is 11.1. The van der Waals surface area contributed by atoms with Crippen LogP contribution in [0.4, 0.5) is 5.69 Å². The third kappa shape index (κ3) is 4.73. The molecule has 0 aliphatic heterocycles. The van der Waals surface area contributed by atoms with Crippen molar-refractivity contribution in [3.8, 4) is 0 Å². The molecule has 0 spiro atoms. The van der Waals surface area contributed by atoms with Crippen LogP contribution >= 0.6 is 12.2 Å². The number of nitrogens with two attached hydrogens (primary N) is 1. The predicted octanol–water partition coefficient (Wildman–Crippen LogP) is 3.46. The largest absolute Gasteiger partial charge is 0.393 e. The van der Waals surface area contributed by atoms with Crippen LogP contribution < -0.4 is 11.1 Å². The van der Waals surface area contributed by atoms with Crippen molar-refractivity contribution < 1.29 is 0 Å². The molecule has 0 bridgehead atoms. The first-order valence-corrected chi connectivity index (χ1v) is 6.35. The molecule has 0 fully saturated rings. The third-order valence-electron chi connectivity index (χ3n) is 2.67. The van der Waals surface area contributed by atoms with E-state index in [-0.39, 0.29) is 11.5 Å². The standard InChI is InChI=1S/C14H22N2S/c1-10(9-13(15)17)16-12-7-5-11(6-8-12)14(2,3)4/h5-8,10,16H,9H2,1-4H3,(H2,15,17). The lowest BCUT2D eigenvalue weighted by Gasteiger charge is -2.20. The fourth-order valence-corrected chi connectivity index (χ4v) is 1.95. The summed E-state index contributed by atoms with van der Waals surface area (Å²) in [5, 5.41) is 3.38. The van der Waals surface area contributed by atoms with Crippen molar-refractivity contribution in [3.63, 3.8) is 0 Å². The van der Waals surface area contributed by atoms with Gasteiger partial charge in [0, 0.05) is 18.2 Å². The highest BCUT2D eigenvalue weighted by Gasteiger charge is 2.13. The summed E-state index contributed by atoms with van der Waals surface area (Å²) >= 11 is 4.90. The maximum absolute atomic E-state index is 5.52. The molecule has 3 N–H and O–H groups in total. The van der Waals surface area contributed by atoms with Gasteiger partial charge in [-0.2, -0.15) is 0 Å². The highest BCUT2D eigenvalue weighted by molar-refractivity contribution is 7.80. The molecule has 0 aliphatic carbocycles. The summed E-state index contributed by atoms with van der Waals surface area (Å²) in [5.41, 5.74) is 8.17. The Kier molecular flexibility index (Phi) is 4.52. The van der Waals surface area contributed by atoms with E-state index in [0.29, 0.717) is 4.99 Å². The maximum atomic E-state index is 5.52. The molecule has 1 aromatic rings. The lowest BCUT2D eigenvalue weighted by molar-refractivity contribution is 0.590. The molecule has 0 radical (unpaired) electrons. The maximum Gasteiger partial charge on any atom is 0.0747 e. The molecule has 0 amide bonds. The Morgan fingerprint density at radius 3 is 2.24 bits per heavy atom. The highest BCUT2D eigenvalue weighted by Crippen LogP contribution is 2.23. The van der Waals surface area contributed by atoms with Crippen LogP contribution in [-0.2, 0) is 5.41 Å². The number of hydrogen-bond acceptors (Lipinski definition) is 2. The molecule has 0 aromatic heterocycles. The molecule has 2 nitrogen and oxygen atoms in total. The van der Waals surface area contributed by atoms with Crippen LogP contribution in [0.5, 0.6) is 0 Å². The number of hydrogen-bond donors (Lipinski definition) is 2. The lowest BCUT2D eigenvalue weighted by atomic mass is 9.87. The Labute approximate surface area is 110 Å². The zero-order chi connectivity index (χ0) is 13.1. The minimum atomic E-state index is 0.197. The van der Waals surface area contributed by atoms with Gasteiger partial charge in [-0.15, -0.1) is 0 Å². The Morgan fingerprint density at radius 1 is 1.29 bits per heavy atom. The van der Waals surface area contributed by atoms with E-state index in [1.165, 1.54) is 5.56 Å². The molecule has 17 heavy (non-hydrogen) atoms. The van der Waals surface area contributed by atoms with E-state index in [9.17, 15) is 0 Å². The highest BCUT2D eigenvalue weighted by atomic mass is 32.1. The van der Waals surface area contributed by atoms with E-state index >= 15 is 0 Å². The number of thiocarbonyl (C=S) groups is 1. The Hall–Kier alpha value is -1.09. The fourth-order valence-electron chi connectivity index (χ4n) is 1.70. The second-order valence-corrected chi connectivity index (χ2v) is 6.07. The van der Waals surface area contributed by atoms with Gasteiger partial charge in [-0.25, -0.2) is 0 Å². The van der Waals surface area contributed by atoms with Crippen molar-refractivity contribution in [1.29, 1.82) is 0 Å². The van der Waals surface area contributed by atoms with Gasteiger partial charge in [0.05, 0.1) is 4.99 Å². The molecule has 1 atom stereocenters. The molecule has 0 aliphatic rings. The smallest absolute Gasteiger partial charge is 0.0747 e. The normalized spacial score (nSPS) is 13.2. The van der Waals surface area contributed by atoms with Gasteiger partial charge in [-0.1, -0.05) is 45.1 Å². The van der Waals surface area contributed by atoms with Gasteiger partial charge in [0.1, 0.15) is 0 Å². The first kappa shape index (κ1) is 14.0. The van der Waals surface area contributed by atoms with E-state index in [0.717, 1.165) is 12.1 Å². The van der Waals surface area contributed by atoms with E-state index < -0.39 is 0 Å². The summed E-state index contributed by atoms with van der Waals surface area (Å²) in [5.74, 6) is 0. The number of benzene rings is 1. The topological polar surface area (TPSA) is 38.0 Å². The van der Waals surface area contributed by atoms with Gasteiger partial charge in [0.25, 0.3) is 0 Å². The Morgan fingerprint density at radius 2 is 1.82 bits per heavy atom. The summed E-state index contributed by atoms with van der Waals surface area (Å²) in [6.07, 6.45) is 0.719. The van der Waals surface area contributed by atoms with E-state index in [1.807, 2.05) is 0 Å². The second kappa shape index (κ2) is 5.50. The monoisotopic (exact) mass is 250 g/mol. The lowest BCUT2D eigenvalue weighted by Crippen LogP contribution is -2.22. The van der Waals surface area contributed by atoms with Crippen LogP contribution in [0.15, 0.2) is 24.3 Å². The molecule has 1 rings (SSSR count). The molecule has 1 aromatic carbocycles. The van der Waals surface area contributed by atoms with Crippen molar-refractivity contribution in [2.75, 3.05) is 5.32 Å². The van der Waals surface area contributed by atoms with Gasteiger partial charge < -0.3 is 11.1 Å². The van der Waals surface area contributed by atoms with Crippen LogP contribution in [0.25, 0.3) is 0 Å². The minimum Gasteiger partial charge on any atom is -0.393 e. The number of rotatable bonds is 4. The predicted molar refractivity (Wildman–Crippen MR) is 79.6 cm³/mol. The van der Waals surface area contributed by atoms with Crippen molar-refractivity contribution in [3.05, 3.63) is 29.8 Å². The molecule has 0 saturated heterocycles. The van der Waals surface area contributed by atoms with Gasteiger partial charge in [0.2, 0.25) is 0 Å². The molecular weight excluding hydrogens is 228 g/mol. The average Bonchev–Trinajstić information content (AvgIpc) is 2.15. The fraction of sp³-hybridized carbons (Fsp3) is 0.500. The average molecular weight is 250 g/mol. The van der Waals surface area contributed by atoms with Gasteiger partial charge >= 0.3 is 0 Å². The first-order chi connectivity index (χ1) is 7.79. The molecule has 3 heteroatoms. The van der Waals surface area contributed by atoms with Crippen LogP contribution in [-0.4, -0.2) is 11.0 Å². The van der Waals surface area contributed by atoms with Crippen molar-refractivity contribution in [1.82, 2.24) is 0 Å². The minimum absolute atomic E-state index is 0.197. The van der Waals surface area contributed by atoms with Gasteiger partial charge in [-0.05, 0) is 30.0 Å². The zero-order valence-corrected chi connectivity index (χ0v) is 11.9. The molecule has 1 unspecified atom stereocenters. The van der Waals surface area contributed by atoms with E-state index in [4.69, 9.17) is 18.0 Å². The molecular formula is C14H22N2S. The van der Waals surface area contributed by atoms with Crippen LogP contribution in [0.3, 0.4) is 0 Å². The quantitative estimate of drug-likeness (QED) is 0.804. The SMILES string of the molecule is CC(CC(N)=S)Nc1ccc(C(C)(C)C)cc1. The molecule has 0 heterocycles. The van der Waals surface area contributed by atoms with Crippen LogP contribution in [0.2, 0.25) is 0 Å². The third-order valence-corrected chi connectivity index (χ3v) is 2.84. The molecule has 94 valence electrons. The van der Waals surface area contributed by atoms with Crippen LogP contribution in [0, 0.1) is 0 Å². The molecule has 0 saturated carbocycles. The van der Waals surface area contributed by atoms with E-state index in [2.05, 4.69) is 57.3 Å². The van der Waals surface area contributed by atoms with E-state index in [1.54, 1.807) is 0 Å². The van der Waals surface area contributed by atoms with Crippen molar-refractivity contribution in [2.45, 2.75) is 45.6 Å². The van der Waals surface area contributed by atoms with Crippen molar-refractivity contribution in [2.24, 2.45) is 5.73 Å². The van der Waals surface area contributed by atoms with Crippen LogP contribution in [0.1, 0.15) is 39.7 Å². The van der Waals surface area contributed by atoms with Crippen molar-refractivity contribution >= 4 is 22.9 Å². The summed E-state index contributed by atoms with van der Waals surface area (Å²) in [6.45, 7) is 8.72. The Balaban J connectivity index is 2.66. The summed E-state index contributed by atoms with van der Waals surface area (Å²) in [4.78, 5) is 0.552. The second-order valence-electron chi connectivity index (χ2n) is 5.54. The number of anilines is 1. The summed E-state index contributed by atoms with van der Waals surface area (Å²) in [6, 6.07) is 8.81. The first-order valence-electron chi connectivity index (χ1n) is 5.94.